The fourth-order valence-electron chi connectivity index (χ4n) is 2.28. The lowest BCUT2D eigenvalue weighted by Crippen LogP contribution is -2.34. The molecule has 0 spiro atoms. The number of hydrazine groups is 1. The number of benzene rings is 1. The van der Waals surface area contributed by atoms with Gasteiger partial charge in [-0.2, -0.15) is 0 Å². The van der Waals surface area contributed by atoms with E-state index in [2.05, 4.69) is 19.3 Å². The lowest BCUT2D eigenvalue weighted by molar-refractivity contribution is 0.319. The van der Waals surface area contributed by atoms with E-state index in [0.29, 0.717) is 11.5 Å². The van der Waals surface area contributed by atoms with Crippen LogP contribution < -0.4 is 11.3 Å². The summed E-state index contributed by atoms with van der Waals surface area (Å²) in [4.78, 5) is 0. The molecule has 0 aliphatic rings. The topological polar surface area (TPSA) is 38.0 Å². The number of hydrogen-bond donors (Lipinski definition) is 2. The molecule has 96 valence electrons. The minimum Gasteiger partial charge on any atom is -0.271 e. The molecule has 17 heavy (non-hydrogen) atoms. The summed E-state index contributed by atoms with van der Waals surface area (Å²) in [6.07, 6.45) is 4.40. The zero-order chi connectivity index (χ0) is 12.7. The molecule has 0 aromatic heterocycles. The van der Waals surface area contributed by atoms with Crippen LogP contribution in [0.25, 0.3) is 0 Å². The van der Waals surface area contributed by atoms with Crippen molar-refractivity contribution in [2.24, 2.45) is 11.8 Å². The highest BCUT2D eigenvalue weighted by Crippen LogP contribution is 2.29. The number of hydrogen-bond acceptors (Lipinski definition) is 2. The largest absolute Gasteiger partial charge is 0.271 e. The van der Waals surface area contributed by atoms with Crippen molar-refractivity contribution in [2.75, 3.05) is 0 Å². The third kappa shape index (κ3) is 3.79. The van der Waals surface area contributed by atoms with Crippen molar-refractivity contribution in [1.82, 2.24) is 5.43 Å². The predicted molar refractivity (Wildman–Crippen MR) is 69.8 cm³/mol. The van der Waals surface area contributed by atoms with Gasteiger partial charge in [0.05, 0.1) is 6.04 Å². The molecule has 0 aliphatic carbocycles. The van der Waals surface area contributed by atoms with Crippen molar-refractivity contribution >= 4 is 0 Å². The van der Waals surface area contributed by atoms with E-state index in [1.807, 2.05) is 12.1 Å². The van der Waals surface area contributed by atoms with Gasteiger partial charge in [0.25, 0.3) is 0 Å². The lowest BCUT2D eigenvalue weighted by atomic mass is 9.87. The highest BCUT2D eigenvalue weighted by Gasteiger charge is 2.22. The summed E-state index contributed by atoms with van der Waals surface area (Å²) >= 11 is 0. The fourth-order valence-corrected chi connectivity index (χ4v) is 2.28. The standard InChI is InChI=1S/C14H23FN2/c1-3-5-8-11(4-2)14(17-16)12-9-6-7-10-13(12)15/h6-7,9-11,14,17H,3-5,8,16H2,1-2H3. The van der Waals surface area contributed by atoms with Crippen LogP contribution in [-0.2, 0) is 0 Å². The fraction of sp³-hybridized carbons (Fsp3) is 0.571. The molecule has 0 fully saturated rings. The average molecular weight is 238 g/mol. The quantitative estimate of drug-likeness (QED) is 0.563. The minimum atomic E-state index is -0.176. The van der Waals surface area contributed by atoms with Crippen molar-refractivity contribution in [1.29, 1.82) is 0 Å². The van der Waals surface area contributed by atoms with Crippen LogP contribution in [0.1, 0.15) is 51.1 Å². The van der Waals surface area contributed by atoms with Crippen LogP contribution in [0.3, 0.4) is 0 Å². The predicted octanol–water partition coefficient (Wildman–Crippen LogP) is 3.55. The molecule has 1 aromatic rings. The summed E-state index contributed by atoms with van der Waals surface area (Å²) in [5.74, 6) is 5.82. The highest BCUT2D eigenvalue weighted by molar-refractivity contribution is 5.21. The van der Waals surface area contributed by atoms with Gasteiger partial charge in [0.15, 0.2) is 0 Å². The van der Waals surface area contributed by atoms with E-state index in [1.165, 1.54) is 6.07 Å². The van der Waals surface area contributed by atoms with E-state index < -0.39 is 0 Å². The highest BCUT2D eigenvalue weighted by atomic mass is 19.1. The van der Waals surface area contributed by atoms with Gasteiger partial charge in [-0.1, -0.05) is 51.3 Å². The third-order valence-corrected chi connectivity index (χ3v) is 3.34. The van der Waals surface area contributed by atoms with Gasteiger partial charge in [-0.3, -0.25) is 11.3 Å². The van der Waals surface area contributed by atoms with Crippen LogP contribution in [0, 0.1) is 11.7 Å². The van der Waals surface area contributed by atoms with Crippen LogP contribution >= 0.6 is 0 Å². The van der Waals surface area contributed by atoms with Crippen LogP contribution in [0.5, 0.6) is 0 Å². The normalized spacial score (nSPS) is 14.6. The maximum atomic E-state index is 13.7. The van der Waals surface area contributed by atoms with E-state index in [0.717, 1.165) is 25.7 Å². The average Bonchev–Trinajstić information content (AvgIpc) is 2.36. The zero-order valence-electron chi connectivity index (χ0n) is 10.7. The maximum absolute atomic E-state index is 13.7. The van der Waals surface area contributed by atoms with Gasteiger partial charge in [0.1, 0.15) is 5.82 Å². The number of unbranched alkanes of at least 4 members (excludes halogenated alkanes) is 1. The Hall–Kier alpha value is -0.930. The van der Waals surface area contributed by atoms with E-state index >= 15 is 0 Å². The van der Waals surface area contributed by atoms with Crippen molar-refractivity contribution in [3.8, 4) is 0 Å². The first-order chi connectivity index (χ1) is 8.24. The molecule has 0 saturated heterocycles. The number of nitrogens with one attached hydrogen (secondary N) is 1. The molecule has 0 heterocycles. The summed E-state index contributed by atoms with van der Waals surface area (Å²) in [5, 5.41) is 0. The van der Waals surface area contributed by atoms with Crippen molar-refractivity contribution in [3.63, 3.8) is 0 Å². The molecule has 2 atom stereocenters. The minimum absolute atomic E-state index is 0.0900. The van der Waals surface area contributed by atoms with Crippen molar-refractivity contribution in [3.05, 3.63) is 35.6 Å². The lowest BCUT2D eigenvalue weighted by Gasteiger charge is -2.26. The van der Waals surface area contributed by atoms with Gasteiger partial charge in [-0.05, 0) is 18.4 Å². The van der Waals surface area contributed by atoms with Gasteiger partial charge in [0.2, 0.25) is 0 Å². The Morgan fingerprint density at radius 1 is 1.29 bits per heavy atom. The maximum Gasteiger partial charge on any atom is 0.128 e. The molecule has 0 saturated carbocycles. The Morgan fingerprint density at radius 2 is 2.00 bits per heavy atom. The van der Waals surface area contributed by atoms with E-state index in [1.54, 1.807) is 6.07 Å². The summed E-state index contributed by atoms with van der Waals surface area (Å²) in [6, 6.07) is 6.78. The second-order valence-electron chi connectivity index (χ2n) is 4.48. The molecule has 1 aromatic carbocycles. The summed E-state index contributed by atoms with van der Waals surface area (Å²) in [7, 11) is 0. The number of halogens is 1. The van der Waals surface area contributed by atoms with Crippen LogP contribution in [0.4, 0.5) is 4.39 Å². The Bertz CT molecular complexity index is 328. The molecule has 0 aliphatic heterocycles. The van der Waals surface area contributed by atoms with E-state index in [9.17, 15) is 4.39 Å². The van der Waals surface area contributed by atoms with Gasteiger partial charge < -0.3 is 0 Å². The van der Waals surface area contributed by atoms with Crippen LogP contribution in [0.2, 0.25) is 0 Å². The molecule has 0 radical (unpaired) electrons. The number of nitrogens with two attached hydrogens (primary N) is 1. The van der Waals surface area contributed by atoms with Gasteiger partial charge in [-0.15, -0.1) is 0 Å². The van der Waals surface area contributed by atoms with Gasteiger partial charge in [-0.25, -0.2) is 4.39 Å². The molecular weight excluding hydrogens is 215 g/mol. The van der Waals surface area contributed by atoms with Gasteiger partial charge in [0, 0.05) is 5.56 Å². The summed E-state index contributed by atoms with van der Waals surface area (Å²) < 4.78 is 13.7. The second kappa shape index (κ2) is 7.41. The number of rotatable bonds is 7. The SMILES string of the molecule is CCCCC(CC)C(NN)c1ccccc1F. The second-order valence-corrected chi connectivity index (χ2v) is 4.48. The van der Waals surface area contributed by atoms with Crippen LogP contribution in [0.15, 0.2) is 24.3 Å². The molecule has 3 N–H and O–H groups in total. The third-order valence-electron chi connectivity index (χ3n) is 3.34. The first-order valence-electron chi connectivity index (χ1n) is 6.45. The molecule has 0 bridgehead atoms. The first-order valence-corrected chi connectivity index (χ1v) is 6.45. The first kappa shape index (κ1) is 14.1. The molecule has 2 nitrogen and oxygen atoms in total. The Balaban J connectivity index is 2.85. The van der Waals surface area contributed by atoms with E-state index in [-0.39, 0.29) is 11.9 Å². The monoisotopic (exact) mass is 238 g/mol. The zero-order valence-corrected chi connectivity index (χ0v) is 10.7. The van der Waals surface area contributed by atoms with E-state index in [4.69, 9.17) is 5.84 Å². The molecular formula is C14H23FN2. The Labute approximate surface area is 103 Å². The smallest absolute Gasteiger partial charge is 0.128 e. The van der Waals surface area contributed by atoms with Gasteiger partial charge >= 0.3 is 0 Å². The Morgan fingerprint density at radius 3 is 2.53 bits per heavy atom. The molecule has 2 unspecified atom stereocenters. The van der Waals surface area contributed by atoms with Crippen molar-refractivity contribution in [2.45, 2.75) is 45.6 Å². The summed E-state index contributed by atoms with van der Waals surface area (Å²) in [5.41, 5.74) is 3.46. The molecule has 3 heteroatoms. The van der Waals surface area contributed by atoms with Crippen molar-refractivity contribution < 1.29 is 4.39 Å². The molecule has 1 rings (SSSR count). The Kier molecular flexibility index (Phi) is 6.16. The van der Waals surface area contributed by atoms with Crippen LogP contribution in [-0.4, -0.2) is 0 Å². The molecule has 0 amide bonds. The summed E-state index contributed by atoms with van der Waals surface area (Å²) in [6.45, 7) is 4.30.